The fourth-order valence-electron chi connectivity index (χ4n) is 9.28. The summed E-state index contributed by atoms with van der Waals surface area (Å²) in [6.45, 7) is 0. The molecule has 12 rings (SSSR count). The van der Waals surface area contributed by atoms with Crippen molar-refractivity contribution in [1.82, 2.24) is 0 Å². The van der Waals surface area contributed by atoms with E-state index in [1.807, 2.05) is 24.3 Å². The van der Waals surface area contributed by atoms with Crippen LogP contribution in [0.2, 0.25) is 0 Å². The largest absolute Gasteiger partial charge is 0.456 e. The topological polar surface area (TPSA) is 29.5 Å². The molecule has 0 aliphatic heterocycles. The molecule has 0 radical (unpaired) electrons. The van der Waals surface area contributed by atoms with Crippen LogP contribution in [0.25, 0.3) is 99.5 Å². The Hall–Kier alpha value is -8.40. The summed E-state index contributed by atoms with van der Waals surface area (Å²) in [6.07, 6.45) is 0. The van der Waals surface area contributed by atoms with Crippen LogP contribution in [-0.2, 0) is 0 Å². The van der Waals surface area contributed by atoms with Crippen LogP contribution >= 0.6 is 0 Å². The molecule has 296 valence electrons. The zero-order valence-corrected chi connectivity index (χ0v) is 34.3. The second kappa shape index (κ2) is 15.3. The third kappa shape index (κ3) is 6.46. The van der Waals surface area contributed by atoms with Crippen LogP contribution in [0.15, 0.2) is 245 Å². The van der Waals surface area contributed by atoms with Gasteiger partial charge < -0.3 is 13.7 Å². The Morgan fingerprint density at radius 1 is 0.254 bits per heavy atom. The third-order valence-electron chi connectivity index (χ3n) is 12.3. The normalized spacial score (nSPS) is 11.5. The van der Waals surface area contributed by atoms with Crippen LogP contribution in [0.3, 0.4) is 0 Å². The molecule has 0 unspecified atom stereocenters. The number of rotatable bonds is 8. The molecular formula is C60H39NO2. The zero-order chi connectivity index (χ0) is 41.7. The number of para-hydroxylation sites is 2. The minimum atomic E-state index is 0.894. The Balaban J connectivity index is 1.04. The molecule has 0 saturated carbocycles. The van der Waals surface area contributed by atoms with Crippen LogP contribution in [0.4, 0.5) is 17.1 Å². The highest BCUT2D eigenvalue weighted by Gasteiger charge is 2.23. The van der Waals surface area contributed by atoms with Crippen LogP contribution in [-0.4, -0.2) is 0 Å². The van der Waals surface area contributed by atoms with E-state index < -0.39 is 0 Å². The Morgan fingerprint density at radius 3 is 1.21 bits per heavy atom. The predicted molar refractivity (Wildman–Crippen MR) is 263 cm³/mol. The molecule has 3 heteroatoms. The van der Waals surface area contributed by atoms with Gasteiger partial charge in [-0.2, -0.15) is 0 Å². The second-order valence-corrected chi connectivity index (χ2v) is 16.0. The molecule has 0 spiro atoms. The van der Waals surface area contributed by atoms with Crippen molar-refractivity contribution >= 4 is 60.9 Å². The van der Waals surface area contributed by atoms with Gasteiger partial charge in [-0.05, 0) is 117 Å². The molecule has 0 aliphatic carbocycles. The lowest BCUT2D eigenvalue weighted by atomic mass is 9.87. The lowest BCUT2D eigenvalue weighted by Crippen LogP contribution is -2.12. The highest BCUT2D eigenvalue weighted by molar-refractivity contribution is 6.08. The molecule has 3 nitrogen and oxygen atoms in total. The molecular weight excluding hydrogens is 767 g/mol. The van der Waals surface area contributed by atoms with Crippen molar-refractivity contribution < 1.29 is 8.83 Å². The molecule has 0 N–H and O–H groups in total. The number of anilines is 3. The van der Waals surface area contributed by atoms with Gasteiger partial charge in [0.25, 0.3) is 0 Å². The smallest absolute Gasteiger partial charge is 0.135 e. The summed E-state index contributed by atoms with van der Waals surface area (Å²) in [7, 11) is 0. The van der Waals surface area contributed by atoms with Crippen LogP contribution in [0.5, 0.6) is 0 Å². The van der Waals surface area contributed by atoms with E-state index in [1.54, 1.807) is 0 Å². The first-order valence-electron chi connectivity index (χ1n) is 21.4. The molecule has 63 heavy (non-hydrogen) atoms. The molecule has 0 saturated heterocycles. The SMILES string of the molecule is c1ccc(-c2ccccc2-c2c(-c3ccccc3)cccc2N(c2ccc(-c3ccc4oc5ccccc5c4c3)cc2)c2ccc(-c3ccc4oc5ccccc5c4c3)cc2)cc1. The van der Waals surface area contributed by atoms with Gasteiger partial charge >= 0.3 is 0 Å². The lowest BCUT2D eigenvalue weighted by Gasteiger charge is -2.30. The zero-order valence-electron chi connectivity index (χ0n) is 34.3. The van der Waals surface area contributed by atoms with Gasteiger partial charge in [0.1, 0.15) is 22.3 Å². The van der Waals surface area contributed by atoms with E-state index in [0.717, 1.165) is 105 Å². The fourth-order valence-corrected chi connectivity index (χ4v) is 9.28. The first-order chi connectivity index (χ1) is 31.2. The van der Waals surface area contributed by atoms with Gasteiger partial charge in [0.2, 0.25) is 0 Å². The minimum absolute atomic E-state index is 0.894. The van der Waals surface area contributed by atoms with Crippen molar-refractivity contribution in [3.63, 3.8) is 0 Å². The number of benzene rings is 10. The van der Waals surface area contributed by atoms with Gasteiger partial charge in [0, 0.05) is 38.5 Å². The minimum Gasteiger partial charge on any atom is -0.456 e. The quantitative estimate of drug-likeness (QED) is 0.153. The number of fused-ring (bicyclic) bond motifs is 6. The molecule has 0 fully saturated rings. The van der Waals surface area contributed by atoms with Gasteiger partial charge in [-0.3, -0.25) is 0 Å². The highest BCUT2D eigenvalue weighted by Crippen LogP contribution is 2.48. The molecule has 10 aromatic carbocycles. The molecule has 2 aromatic heterocycles. The monoisotopic (exact) mass is 805 g/mol. The number of nitrogens with zero attached hydrogens (tertiary/aromatic N) is 1. The predicted octanol–water partition coefficient (Wildman–Crippen LogP) is 17.3. The molecule has 0 aliphatic rings. The molecule has 0 atom stereocenters. The van der Waals surface area contributed by atoms with E-state index in [0.29, 0.717) is 0 Å². The average Bonchev–Trinajstić information content (AvgIpc) is 3.93. The molecule has 2 heterocycles. The van der Waals surface area contributed by atoms with E-state index in [2.05, 4.69) is 217 Å². The van der Waals surface area contributed by atoms with Gasteiger partial charge in [-0.1, -0.05) is 170 Å². The van der Waals surface area contributed by atoms with Crippen molar-refractivity contribution in [2.75, 3.05) is 4.90 Å². The van der Waals surface area contributed by atoms with Crippen molar-refractivity contribution in [3.8, 4) is 55.6 Å². The van der Waals surface area contributed by atoms with Gasteiger partial charge in [-0.25, -0.2) is 0 Å². The fraction of sp³-hybridized carbons (Fsp3) is 0. The number of furan rings is 2. The molecule has 0 bridgehead atoms. The van der Waals surface area contributed by atoms with Crippen molar-refractivity contribution in [3.05, 3.63) is 237 Å². The maximum atomic E-state index is 6.18. The Morgan fingerprint density at radius 2 is 0.667 bits per heavy atom. The van der Waals surface area contributed by atoms with Crippen LogP contribution in [0, 0.1) is 0 Å². The molecule has 0 amide bonds. The van der Waals surface area contributed by atoms with E-state index in [1.165, 1.54) is 11.1 Å². The van der Waals surface area contributed by atoms with Gasteiger partial charge in [0.05, 0.1) is 5.69 Å². The summed E-state index contributed by atoms with van der Waals surface area (Å²) in [5.74, 6) is 0. The van der Waals surface area contributed by atoms with E-state index in [9.17, 15) is 0 Å². The van der Waals surface area contributed by atoms with Gasteiger partial charge in [0.15, 0.2) is 0 Å². The third-order valence-corrected chi connectivity index (χ3v) is 12.3. The average molecular weight is 806 g/mol. The van der Waals surface area contributed by atoms with Crippen LogP contribution < -0.4 is 4.90 Å². The van der Waals surface area contributed by atoms with Crippen molar-refractivity contribution in [1.29, 1.82) is 0 Å². The standard InChI is InChI=1S/C60H39NO2/c1-3-14-42(15-4-1)48-18-7-8-21-52(48)60-49(43-16-5-2-6-17-43)22-13-23-55(60)61(46-32-26-40(27-33-46)44-30-36-58-53(38-44)50-19-9-11-24-56(50)62-58)47-34-28-41(29-35-47)45-31-37-59-54(39-45)51-20-10-12-25-57(51)63-59/h1-39H. The van der Waals surface area contributed by atoms with E-state index in [-0.39, 0.29) is 0 Å². The summed E-state index contributed by atoms with van der Waals surface area (Å²) in [6, 6.07) is 84.4. The molecule has 12 aromatic rings. The Kier molecular flexibility index (Phi) is 8.83. The number of hydrogen-bond donors (Lipinski definition) is 0. The summed E-state index contributed by atoms with van der Waals surface area (Å²) in [5, 5.41) is 4.49. The van der Waals surface area contributed by atoms with E-state index >= 15 is 0 Å². The summed E-state index contributed by atoms with van der Waals surface area (Å²) >= 11 is 0. The van der Waals surface area contributed by atoms with E-state index in [4.69, 9.17) is 8.83 Å². The number of hydrogen-bond acceptors (Lipinski definition) is 3. The van der Waals surface area contributed by atoms with Gasteiger partial charge in [-0.15, -0.1) is 0 Å². The second-order valence-electron chi connectivity index (χ2n) is 16.0. The maximum absolute atomic E-state index is 6.18. The first-order valence-corrected chi connectivity index (χ1v) is 21.4. The summed E-state index contributed by atoms with van der Waals surface area (Å²) in [5.41, 5.74) is 18.3. The van der Waals surface area contributed by atoms with Crippen molar-refractivity contribution in [2.24, 2.45) is 0 Å². The van der Waals surface area contributed by atoms with Crippen LogP contribution in [0.1, 0.15) is 0 Å². The highest BCUT2D eigenvalue weighted by atomic mass is 16.3. The Labute approximate surface area is 365 Å². The summed E-state index contributed by atoms with van der Waals surface area (Å²) < 4.78 is 12.4. The maximum Gasteiger partial charge on any atom is 0.135 e. The first kappa shape index (κ1) is 36.5. The lowest BCUT2D eigenvalue weighted by molar-refractivity contribution is 0.668. The Bertz CT molecular complexity index is 3440. The summed E-state index contributed by atoms with van der Waals surface area (Å²) in [4.78, 5) is 2.41. The van der Waals surface area contributed by atoms with Crippen molar-refractivity contribution in [2.45, 2.75) is 0 Å².